The Labute approximate surface area is 106 Å². The van der Waals surface area contributed by atoms with Gasteiger partial charge in [0.25, 0.3) is 5.91 Å². The van der Waals surface area contributed by atoms with Crippen molar-refractivity contribution in [1.29, 1.82) is 0 Å². The standard InChI is InChI=1S/C13H17FN2O2/c1-2-3-7-18-8-6-16-13(17)11-5-4-10(15)9-12(11)14/h2,4-5,9H,1,3,6-8,15H2,(H,16,17). The molecule has 0 saturated carbocycles. The first kappa shape index (κ1) is 14.2. The lowest BCUT2D eigenvalue weighted by atomic mass is 10.2. The van der Waals surface area contributed by atoms with E-state index in [0.717, 1.165) is 12.5 Å². The van der Waals surface area contributed by atoms with E-state index in [9.17, 15) is 9.18 Å². The molecule has 1 rings (SSSR count). The van der Waals surface area contributed by atoms with Crippen LogP contribution >= 0.6 is 0 Å². The maximum Gasteiger partial charge on any atom is 0.254 e. The average Bonchev–Trinajstić information content (AvgIpc) is 2.33. The number of rotatable bonds is 7. The van der Waals surface area contributed by atoms with Gasteiger partial charge in [0.15, 0.2) is 0 Å². The first-order valence-electron chi connectivity index (χ1n) is 5.67. The summed E-state index contributed by atoms with van der Waals surface area (Å²) in [6, 6.07) is 3.96. The molecule has 0 aliphatic carbocycles. The SMILES string of the molecule is C=CCCOCCNC(=O)c1ccc(N)cc1F. The van der Waals surface area contributed by atoms with Crippen LogP contribution in [0.4, 0.5) is 10.1 Å². The van der Waals surface area contributed by atoms with Gasteiger partial charge in [0.1, 0.15) is 5.82 Å². The number of nitrogen functional groups attached to an aromatic ring is 1. The van der Waals surface area contributed by atoms with Crippen molar-refractivity contribution >= 4 is 11.6 Å². The highest BCUT2D eigenvalue weighted by Crippen LogP contribution is 2.11. The zero-order chi connectivity index (χ0) is 13.4. The summed E-state index contributed by atoms with van der Waals surface area (Å²) in [5.41, 5.74) is 5.67. The second-order valence-corrected chi connectivity index (χ2v) is 3.68. The number of anilines is 1. The van der Waals surface area contributed by atoms with Gasteiger partial charge in [0, 0.05) is 12.2 Å². The van der Waals surface area contributed by atoms with Gasteiger partial charge >= 0.3 is 0 Å². The minimum absolute atomic E-state index is 0.0182. The van der Waals surface area contributed by atoms with Crippen molar-refractivity contribution in [2.45, 2.75) is 6.42 Å². The Balaban J connectivity index is 2.34. The largest absolute Gasteiger partial charge is 0.399 e. The molecule has 0 saturated heterocycles. The van der Waals surface area contributed by atoms with Gasteiger partial charge in [-0.15, -0.1) is 6.58 Å². The molecule has 18 heavy (non-hydrogen) atoms. The number of benzene rings is 1. The molecular formula is C13H17FN2O2. The van der Waals surface area contributed by atoms with Gasteiger partial charge in [-0.1, -0.05) is 6.08 Å². The predicted octanol–water partition coefficient (Wildman–Crippen LogP) is 1.73. The van der Waals surface area contributed by atoms with E-state index < -0.39 is 11.7 Å². The minimum Gasteiger partial charge on any atom is -0.399 e. The van der Waals surface area contributed by atoms with E-state index >= 15 is 0 Å². The van der Waals surface area contributed by atoms with Gasteiger partial charge in [-0.2, -0.15) is 0 Å². The molecule has 0 radical (unpaired) electrons. The van der Waals surface area contributed by atoms with Crippen molar-refractivity contribution in [3.63, 3.8) is 0 Å². The average molecular weight is 252 g/mol. The van der Waals surface area contributed by atoms with Gasteiger partial charge < -0.3 is 15.8 Å². The van der Waals surface area contributed by atoms with Gasteiger partial charge in [-0.05, 0) is 24.6 Å². The van der Waals surface area contributed by atoms with Crippen molar-refractivity contribution in [3.8, 4) is 0 Å². The van der Waals surface area contributed by atoms with Crippen molar-refractivity contribution in [1.82, 2.24) is 5.32 Å². The van der Waals surface area contributed by atoms with Crippen LogP contribution < -0.4 is 11.1 Å². The highest BCUT2D eigenvalue weighted by atomic mass is 19.1. The fraction of sp³-hybridized carbons (Fsp3) is 0.308. The molecule has 0 atom stereocenters. The Kier molecular flexibility index (Phi) is 5.87. The van der Waals surface area contributed by atoms with Crippen LogP contribution in [0, 0.1) is 5.82 Å². The number of halogens is 1. The summed E-state index contributed by atoms with van der Waals surface area (Å²) in [6.07, 6.45) is 2.52. The van der Waals surface area contributed by atoms with Crippen molar-refractivity contribution in [3.05, 3.63) is 42.2 Å². The fourth-order valence-electron chi connectivity index (χ4n) is 1.32. The van der Waals surface area contributed by atoms with Crippen LogP contribution in [0.15, 0.2) is 30.9 Å². The Morgan fingerprint density at radius 1 is 1.50 bits per heavy atom. The lowest BCUT2D eigenvalue weighted by molar-refractivity contribution is 0.0914. The number of nitrogens with two attached hydrogens (primary N) is 1. The molecule has 1 amide bonds. The van der Waals surface area contributed by atoms with E-state index in [1.165, 1.54) is 12.1 Å². The molecule has 3 N–H and O–H groups in total. The molecule has 0 aromatic heterocycles. The summed E-state index contributed by atoms with van der Waals surface area (Å²) in [7, 11) is 0. The predicted molar refractivity (Wildman–Crippen MR) is 68.8 cm³/mol. The molecular weight excluding hydrogens is 235 g/mol. The van der Waals surface area contributed by atoms with Crippen molar-refractivity contribution in [2.75, 3.05) is 25.5 Å². The molecule has 0 aliphatic heterocycles. The van der Waals surface area contributed by atoms with Crippen molar-refractivity contribution in [2.24, 2.45) is 0 Å². The molecule has 1 aromatic rings. The first-order valence-corrected chi connectivity index (χ1v) is 5.67. The Morgan fingerprint density at radius 3 is 2.94 bits per heavy atom. The molecule has 0 bridgehead atoms. The molecule has 0 heterocycles. The fourth-order valence-corrected chi connectivity index (χ4v) is 1.32. The lowest BCUT2D eigenvalue weighted by Gasteiger charge is -2.07. The summed E-state index contributed by atoms with van der Waals surface area (Å²) in [4.78, 5) is 11.6. The summed E-state index contributed by atoms with van der Waals surface area (Å²) in [5, 5.41) is 2.57. The third-order valence-electron chi connectivity index (χ3n) is 2.24. The number of carbonyl (C=O) groups is 1. The number of carbonyl (C=O) groups excluding carboxylic acids is 1. The van der Waals surface area contributed by atoms with Crippen LogP contribution in [0.25, 0.3) is 0 Å². The summed E-state index contributed by atoms with van der Waals surface area (Å²) < 4.78 is 18.6. The smallest absolute Gasteiger partial charge is 0.254 e. The molecule has 0 unspecified atom stereocenters. The van der Waals surface area contributed by atoms with Crippen LogP contribution in [-0.4, -0.2) is 25.7 Å². The summed E-state index contributed by atoms with van der Waals surface area (Å²) >= 11 is 0. The van der Waals surface area contributed by atoms with Gasteiger partial charge in [-0.25, -0.2) is 4.39 Å². The maximum atomic E-state index is 13.4. The molecule has 0 fully saturated rings. The van der Waals surface area contributed by atoms with Crippen LogP contribution in [0.3, 0.4) is 0 Å². The zero-order valence-corrected chi connectivity index (χ0v) is 10.1. The number of nitrogens with one attached hydrogen (secondary N) is 1. The van der Waals surface area contributed by atoms with Crippen LogP contribution in [0.2, 0.25) is 0 Å². The maximum absolute atomic E-state index is 13.4. The topological polar surface area (TPSA) is 64.3 Å². The zero-order valence-electron chi connectivity index (χ0n) is 10.1. The number of hydrogen-bond donors (Lipinski definition) is 2. The second-order valence-electron chi connectivity index (χ2n) is 3.68. The lowest BCUT2D eigenvalue weighted by Crippen LogP contribution is -2.28. The van der Waals surface area contributed by atoms with Crippen LogP contribution in [-0.2, 0) is 4.74 Å². The molecule has 4 nitrogen and oxygen atoms in total. The quantitative estimate of drug-likeness (QED) is 0.441. The highest BCUT2D eigenvalue weighted by molar-refractivity contribution is 5.94. The Bertz CT molecular complexity index is 421. The van der Waals surface area contributed by atoms with E-state index in [0.29, 0.717) is 19.8 Å². The highest BCUT2D eigenvalue weighted by Gasteiger charge is 2.10. The number of amides is 1. The van der Waals surface area contributed by atoms with E-state index in [4.69, 9.17) is 10.5 Å². The van der Waals surface area contributed by atoms with E-state index in [-0.39, 0.29) is 11.3 Å². The third kappa shape index (κ3) is 4.55. The summed E-state index contributed by atoms with van der Waals surface area (Å²) in [5.74, 6) is -1.10. The molecule has 5 heteroatoms. The molecule has 1 aromatic carbocycles. The van der Waals surface area contributed by atoms with Crippen molar-refractivity contribution < 1.29 is 13.9 Å². The second kappa shape index (κ2) is 7.45. The third-order valence-corrected chi connectivity index (χ3v) is 2.24. The molecule has 98 valence electrons. The van der Waals surface area contributed by atoms with Gasteiger partial charge in [0.05, 0.1) is 18.8 Å². The van der Waals surface area contributed by atoms with E-state index in [1.54, 1.807) is 6.08 Å². The van der Waals surface area contributed by atoms with E-state index in [2.05, 4.69) is 11.9 Å². The Hall–Kier alpha value is -1.88. The minimum atomic E-state index is -0.625. The normalized spacial score (nSPS) is 10.1. The van der Waals surface area contributed by atoms with E-state index in [1.807, 2.05) is 0 Å². The van der Waals surface area contributed by atoms with Gasteiger partial charge in [-0.3, -0.25) is 4.79 Å². The monoisotopic (exact) mass is 252 g/mol. The first-order chi connectivity index (χ1) is 8.65. The Morgan fingerprint density at radius 2 is 2.28 bits per heavy atom. The summed E-state index contributed by atoms with van der Waals surface area (Å²) in [6.45, 7) is 4.84. The molecule has 0 aliphatic rings. The van der Waals surface area contributed by atoms with Crippen LogP contribution in [0.1, 0.15) is 16.8 Å². The van der Waals surface area contributed by atoms with Crippen LogP contribution in [0.5, 0.6) is 0 Å². The van der Waals surface area contributed by atoms with Gasteiger partial charge in [0.2, 0.25) is 0 Å². The number of hydrogen-bond acceptors (Lipinski definition) is 3. The molecule has 0 spiro atoms. The number of ether oxygens (including phenoxy) is 1.